The monoisotopic (exact) mass is 124 g/mol. The van der Waals surface area contributed by atoms with Gasteiger partial charge in [0.15, 0.2) is 0 Å². The second-order valence-corrected chi connectivity index (χ2v) is 1.36. The minimum absolute atomic E-state index is 1.13. The molecular formula is C9H16. The van der Waals surface area contributed by atoms with Crippen molar-refractivity contribution in [1.29, 1.82) is 0 Å². The van der Waals surface area contributed by atoms with Crippen LogP contribution < -0.4 is 0 Å². The summed E-state index contributed by atoms with van der Waals surface area (Å²) in [6.45, 7) is 10.1. The molecule has 0 atom stereocenters. The summed E-state index contributed by atoms with van der Waals surface area (Å²) in [6.07, 6.45) is 9.36. The van der Waals surface area contributed by atoms with Crippen molar-refractivity contribution in [2.75, 3.05) is 0 Å². The van der Waals surface area contributed by atoms with Gasteiger partial charge in [-0.3, -0.25) is 0 Å². The Morgan fingerprint density at radius 3 is 2.11 bits per heavy atom. The molecule has 0 fully saturated rings. The Morgan fingerprint density at radius 1 is 1.22 bits per heavy atom. The van der Waals surface area contributed by atoms with Crippen LogP contribution in [0.1, 0.15) is 20.3 Å². The molecule has 0 spiro atoms. The summed E-state index contributed by atoms with van der Waals surface area (Å²) < 4.78 is 0. The molecule has 0 aromatic heterocycles. The minimum atomic E-state index is 1.13. The normalized spacial score (nSPS) is 9.56. The Hall–Kier alpha value is -0.780. The van der Waals surface area contributed by atoms with Crippen molar-refractivity contribution in [2.24, 2.45) is 0 Å². The van der Waals surface area contributed by atoms with E-state index in [0.717, 1.165) is 6.42 Å². The molecule has 0 amide bonds. The molecule has 0 aliphatic rings. The predicted octanol–water partition coefficient (Wildman–Crippen LogP) is 3.33. The molecule has 0 unspecified atom stereocenters. The molecule has 0 bridgehead atoms. The Labute approximate surface area is 58.6 Å². The molecule has 0 nitrogen and oxygen atoms in total. The second kappa shape index (κ2) is 15.7. The van der Waals surface area contributed by atoms with E-state index < -0.39 is 0 Å². The lowest BCUT2D eigenvalue weighted by Gasteiger charge is -1.70. The highest BCUT2D eigenvalue weighted by molar-refractivity contribution is 5.00. The van der Waals surface area contributed by atoms with E-state index in [1.807, 2.05) is 19.1 Å². The Morgan fingerprint density at radius 2 is 1.78 bits per heavy atom. The SMILES string of the molecule is C/C=C\C=C/CC.C=C. The van der Waals surface area contributed by atoms with Crippen molar-refractivity contribution in [3.8, 4) is 0 Å². The maximum absolute atomic E-state index is 3.00. The fraction of sp³-hybridized carbons (Fsp3) is 0.333. The van der Waals surface area contributed by atoms with Gasteiger partial charge in [0, 0.05) is 0 Å². The van der Waals surface area contributed by atoms with Crippen LogP contribution in [0, 0.1) is 0 Å². The van der Waals surface area contributed by atoms with Crippen LogP contribution in [0.3, 0.4) is 0 Å². The summed E-state index contributed by atoms with van der Waals surface area (Å²) in [4.78, 5) is 0. The lowest BCUT2D eigenvalue weighted by atomic mass is 10.4. The van der Waals surface area contributed by atoms with Crippen molar-refractivity contribution < 1.29 is 0 Å². The van der Waals surface area contributed by atoms with Crippen LogP contribution in [0.25, 0.3) is 0 Å². The van der Waals surface area contributed by atoms with Crippen molar-refractivity contribution in [3.05, 3.63) is 37.5 Å². The van der Waals surface area contributed by atoms with E-state index in [2.05, 4.69) is 32.2 Å². The lowest BCUT2D eigenvalue weighted by Crippen LogP contribution is -1.48. The van der Waals surface area contributed by atoms with Crippen LogP contribution in [0.4, 0.5) is 0 Å². The first-order valence-electron chi connectivity index (χ1n) is 3.19. The van der Waals surface area contributed by atoms with Crippen LogP contribution in [-0.4, -0.2) is 0 Å². The Bertz CT molecular complexity index is 78.0. The minimum Gasteiger partial charge on any atom is -0.106 e. The Kier molecular flexibility index (Phi) is 19.3. The van der Waals surface area contributed by atoms with Gasteiger partial charge in [-0.25, -0.2) is 0 Å². The van der Waals surface area contributed by atoms with Crippen molar-refractivity contribution in [3.63, 3.8) is 0 Å². The first-order valence-corrected chi connectivity index (χ1v) is 3.19. The number of hydrogen-bond acceptors (Lipinski definition) is 0. The van der Waals surface area contributed by atoms with E-state index in [0.29, 0.717) is 0 Å². The van der Waals surface area contributed by atoms with Gasteiger partial charge in [0.25, 0.3) is 0 Å². The third-order valence-electron chi connectivity index (χ3n) is 0.675. The first-order chi connectivity index (χ1) is 4.41. The zero-order chi connectivity index (χ0) is 7.54. The summed E-state index contributed by atoms with van der Waals surface area (Å²) in [7, 11) is 0. The summed E-state index contributed by atoms with van der Waals surface area (Å²) in [5.74, 6) is 0. The van der Waals surface area contributed by atoms with Crippen LogP contribution in [0.2, 0.25) is 0 Å². The molecule has 0 rings (SSSR count). The number of allylic oxidation sites excluding steroid dienone is 4. The molecular weight excluding hydrogens is 108 g/mol. The third kappa shape index (κ3) is 19.0. The van der Waals surface area contributed by atoms with E-state index in [9.17, 15) is 0 Å². The largest absolute Gasteiger partial charge is 0.106 e. The average molecular weight is 124 g/mol. The molecule has 0 saturated carbocycles. The third-order valence-corrected chi connectivity index (χ3v) is 0.675. The molecule has 0 N–H and O–H groups in total. The van der Waals surface area contributed by atoms with Gasteiger partial charge in [-0.1, -0.05) is 31.2 Å². The fourth-order valence-corrected chi connectivity index (χ4v) is 0.326. The topological polar surface area (TPSA) is 0 Å². The first kappa shape index (κ1) is 11.1. The molecule has 0 radical (unpaired) electrons. The smallest absolute Gasteiger partial charge is 0.0376 e. The summed E-state index contributed by atoms with van der Waals surface area (Å²) in [5, 5.41) is 0. The van der Waals surface area contributed by atoms with Gasteiger partial charge in [-0.2, -0.15) is 0 Å². The zero-order valence-corrected chi connectivity index (χ0v) is 6.43. The predicted molar refractivity (Wildman–Crippen MR) is 45.5 cm³/mol. The number of hydrogen-bond donors (Lipinski definition) is 0. The highest BCUT2D eigenvalue weighted by Crippen LogP contribution is 1.79. The Balaban J connectivity index is 0. The van der Waals surface area contributed by atoms with Crippen LogP contribution in [0.15, 0.2) is 37.5 Å². The summed E-state index contributed by atoms with van der Waals surface area (Å²) >= 11 is 0. The van der Waals surface area contributed by atoms with Crippen LogP contribution in [-0.2, 0) is 0 Å². The van der Waals surface area contributed by atoms with Crippen molar-refractivity contribution in [2.45, 2.75) is 20.3 Å². The van der Waals surface area contributed by atoms with Gasteiger partial charge in [-0.15, -0.1) is 13.2 Å². The summed E-state index contributed by atoms with van der Waals surface area (Å²) in [6, 6.07) is 0. The molecule has 0 aliphatic heterocycles. The van der Waals surface area contributed by atoms with Gasteiger partial charge in [0.1, 0.15) is 0 Å². The lowest BCUT2D eigenvalue weighted by molar-refractivity contribution is 1.22. The fourth-order valence-electron chi connectivity index (χ4n) is 0.326. The molecule has 0 aliphatic carbocycles. The average Bonchev–Trinajstić information content (AvgIpc) is 1.94. The molecule has 0 aromatic carbocycles. The maximum Gasteiger partial charge on any atom is -0.0376 e. The zero-order valence-electron chi connectivity index (χ0n) is 6.43. The van der Waals surface area contributed by atoms with Gasteiger partial charge < -0.3 is 0 Å². The van der Waals surface area contributed by atoms with Gasteiger partial charge in [0.2, 0.25) is 0 Å². The van der Waals surface area contributed by atoms with E-state index in [-0.39, 0.29) is 0 Å². The molecule has 0 aromatic rings. The molecule has 0 heteroatoms. The maximum atomic E-state index is 3.00. The van der Waals surface area contributed by atoms with E-state index in [4.69, 9.17) is 0 Å². The quantitative estimate of drug-likeness (QED) is 0.391. The standard InChI is InChI=1S/C7H12.C2H4/c1-3-5-7-6-4-2;1-2/h3,5-7H,4H2,1-2H3;1-2H2/b5-3-,7-6-;. The summed E-state index contributed by atoms with van der Waals surface area (Å²) in [5.41, 5.74) is 0. The highest BCUT2D eigenvalue weighted by Gasteiger charge is 1.57. The van der Waals surface area contributed by atoms with E-state index in [1.165, 1.54) is 0 Å². The molecule has 0 saturated heterocycles. The number of rotatable bonds is 2. The van der Waals surface area contributed by atoms with Crippen LogP contribution in [0.5, 0.6) is 0 Å². The molecule has 9 heavy (non-hydrogen) atoms. The van der Waals surface area contributed by atoms with Gasteiger partial charge in [0.05, 0.1) is 0 Å². The van der Waals surface area contributed by atoms with E-state index in [1.54, 1.807) is 0 Å². The second-order valence-electron chi connectivity index (χ2n) is 1.36. The van der Waals surface area contributed by atoms with E-state index >= 15 is 0 Å². The van der Waals surface area contributed by atoms with Crippen molar-refractivity contribution in [1.82, 2.24) is 0 Å². The van der Waals surface area contributed by atoms with Gasteiger partial charge >= 0.3 is 0 Å². The van der Waals surface area contributed by atoms with Gasteiger partial charge in [-0.05, 0) is 13.3 Å². The molecule has 52 valence electrons. The van der Waals surface area contributed by atoms with Crippen molar-refractivity contribution >= 4 is 0 Å². The highest BCUT2D eigenvalue weighted by atomic mass is 13.6. The molecule has 0 heterocycles. The van der Waals surface area contributed by atoms with Crippen LogP contribution >= 0.6 is 0 Å².